The van der Waals surface area contributed by atoms with Crippen molar-refractivity contribution in [3.05, 3.63) is 0 Å². The Labute approximate surface area is 138 Å². The molecule has 1 heterocycles. The fourth-order valence-corrected chi connectivity index (χ4v) is 3.87. The van der Waals surface area contributed by atoms with Crippen molar-refractivity contribution in [1.82, 2.24) is 4.90 Å². The summed E-state index contributed by atoms with van der Waals surface area (Å²) in [5.41, 5.74) is -0.628. The molecule has 1 saturated heterocycles. The molecule has 0 spiro atoms. The largest absolute Gasteiger partial charge is 0.467 e. The van der Waals surface area contributed by atoms with E-state index < -0.39 is 29.8 Å². The first-order valence-electron chi connectivity index (χ1n) is 8.50. The van der Waals surface area contributed by atoms with Crippen LogP contribution in [0.15, 0.2) is 0 Å². The molecule has 1 amide bonds. The molecule has 23 heavy (non-hydrogen) atoms. The van der Waals surface area contributed by atoms with Gasteiger partial charge in [-0.15, -0.1) is 0 Å². The van der Waals surface area contributed by atoms with Crippen molar-refractivity contribution in [2.45, 2.75) is 70.6 Å². The van der Waals surface area contributed by atoms with Gasteiger partial charge in [0.25, 0.3) is 0 Å². The summed E-state index contributed by atoms with van der Waals surface area (Å²) in [6.07, 6.45) is 3.55. The van der Waals surface area contributed by atoms with Crippen LogP contribution in [0.5, 0.6) is 0 Å². The summed E-state index contributed by atoms with van der Waals surface area (Å²) in [5, 5.41) is 10.5. The van der Waals surface area contributed by atoms with E-state index in [1.165, 1.54) is 12.0 Å². The quantitative estimate of drug-likeness (QED) is 0.788. The van der Waals surface area contributed by atoms with E-state index in [1.807, 2.05) is 0 Å². The summed E-state index contributed by atoms with van der Waals surface area (Å²) in [5.74, 6) is -0.489. The van der Waals surface area contributed by atoms with Crippen LogP contribution in [-0.4, -0.2) is 53.5 Å². The van der Waals surface area contributed by atoms with Crippen LogP contribution < -0.4 is 0 Å². The highest BCUT2D eigenvalue weighted by Crippen LogP contribution is 2.40. The van der Waals surface area contributed by atoms with Crippen LogP contribution in [0, 0.1) is 11.8 Å². The maximum atomic E-state index is 12.5. The Hall–Kier alpha value is -1.30. The molecule has 2 rings (SSSR count). The Morgan fingerprint density at radius 2 is 1.74 bits per heavy atom. The molecule has 132 valence electrons. The number of nitrogens with zero attached hydrogens (tertiary/aromatic N) is 1. The first-order chi connectivity index (χ1) is 10.7. The smallest absolute Gasteiger partial charge is 0.411 e. The highest BCUT2D eigenvalue weighted by molar-refractivity contribution is 5.82. The summed E-state index contributed by atoms with van der Waals surface area (Å²) in [4.78, 5) is 26.4. The molecule has 2 fully saturated rings. The Morgan fingerprint density at radius 1 is 1.13 bits per heavy atom. The second-order valence-corrected chi connectivity index (χ2v) is 7.62. The minimum Gasteiger partial charge on any atom is -0.467 e. The molecule has 1 N–H and O–H groups in total. The molecule has 1 saturated carbocycles. The number of methoxy groups -OCH3 is 1. The third-order valence-electron chi connectivity index (χ3n) is 4.83. The topological polar surface area (TPSA) is 76.1 Å². The highest BCUT2D eigenvalue weighted by atomic mass is 16.6. The van der Waals surface area contributed by atoms with Crippen LogP contribution in [0.1, 0.15) is 52.9 Å². The van der Waals surface area contributed by atoms with Gasteiger partial charge in [0.1, 0.15) is 11.6 Å². The normalized spacial score (nSPS) is 29.4. The molecule has 3 atom stereocenters. The lowest BCUT2D eigenvalue weighted by molar-refractivity contribution is -0.156. The Morgan fingerprint density at radius 3 is 2.26 bits per heavy atom. The van der Waals surface area contributed by atoms with E-state index in [-0.39, 0.29) is 11.8 Å². The Bertz CT molecular complexity index is 439. The maximum absolute atomic E-state index is 12.5. The summed E-state index contributed by atoms with van der Waals surface area (Å²) < 4.78 is 10.4. The fraction of sp³-hybridized carbons (Fsp3) is 0.882. The number of hydrogen-bond acceptors (Lipinski definition) is 5. The zero-order valence-electron chi connectivity index (χ0n) is 14.6. The predicted octanol–water partition coefficient (Wildman–Crippen LogP) is 2.34. The van der Waals surface area contributed by atoms with Gasteiger partial charge in [0.2, 0.25) is 0 Å². The minimum absolute atomic E-state index is 0.249. The molecule has 0 bridgehead atoms. The lowest BCUT2D eigenvalue weighted by Gasteiger charge is -2.44. The zero-order valence-corrected chi connectivity index (χ0v) is 14.6. The van der Waals surface area contributed by atoms with E-state index in [2.05, 4.69) is 0 Å². The molecular weight excluding hydrogens is 298 g/mol. The molecule has 0 aromatic heterocycles. The van der Waals surface area contributed by atoms with Gasteiger partial charge in [0.05, 0.1) is 13.2 Å². The third-order valence-corrected chi connectivity index (χ3v) is 4.83. The molecule has 2 aliphatic rings. The number of hydrogen-bond donors (Lipinski definition) is 1. The SMILES string of the molecule is COC(=O)C1C(C2CCCC2)[C@H](O)CCN1C(=O)OC(C)(C)C. The van der Waals surface area contributed by atoms with Crippen molar-refractivity contribution in [3.63, 3.8) is 0 Å². The zero-order chi connectivity index (χ0) is 17.2. The van der Waals surface area contributed by atoms with E-state index in [4.69, 9.17) is 9.47 Å². The molecule has 1 aliphatic carbocycles. The van der Waals surface area contributed by atoms with Crippen LogP contribution >= 0.6 is 0 Å². The lowest BCUT2D eigenvalue weighted by atomic mass is 9.76. The third kappa shape index (κ3) is 4.16. The molecular formula is C17H29NO5. The van der Waals surface area contributed by atoms with Crippen LogP contribution in [0.25, 0.3) is 0 Å². The minimum atomic E-state index is -0.762. The molecule has 0 aromatic rings. The van der Waals surface area contributed by atoms with Crippen molar-refractivity contribution in [2.75, 3.05) is 13.7 Å². The average molecular weight is 327 g/mol. The van der Waals surface area contributed by atoms with Crippen LogP contribution in [0.4, 0.5) is 4.79 Å². The predicted molar refractivity (Wildman–Crippen MR) is 84.8 cm³/mol. The summed E-state index contributed by atoms with van der Waals surface area (Å²) >= 11 is 0. The molecule has 6 heteroatoms. The van der Waals surface area contributed by atoms with E-state index in [0.717, 1.165) is 25.7 Å². The van der Waals surface area contributed by atoms with Crippen molar-refractivity contribution < 1.29 is 24.2 Å². The van der Waals surface area contributed by atoms with Gasteiger partial charge in [-0.25, -0.2) is 9.59 Å². The van der Waals surface area contributed by atoms with Crippen LogP contribution in [0.2, 0.25) is 0 Å². The van der Waals surface area contributed by atoms with Gasteiger partial charge in [0, 0.05) is 12.5 Å². The second-order valence-electron chi connectivity index (χ2n) is 7.62. The van der Waals surface area contributed by atoms with Crippen LogP contribution in [-0.2, 0) is 14.3 Å². The van der Waals surface area contributed by atoms with Crippen molar-refractivity contribution in [1.29, 1.82) is 0 Å². The fourth-order valence-electron chi connectivity index (χ4n) is 3.87. The van der Waals surface area contributed by atoms with E-state index in [9.17, 15) is 14.7 Å². The monoisotopic (exact) mass is 327 g/mol. The first-order valence-corrected chi connectivity index (χ1v) is 8.50. The van der Waals surface area contributed by atoms with Gasteiger partial charge >= 0.3 is 12.1 Å². The standard InChI is InChI=1S/C17H29NO5/c1-17(2,3)23-16(21)18-10-9-12(19)13(11-7-5-6-8-11)14(18)15(20)22-4/h11-14,19H,5-10H2,1-4H3/t12-,13?,14?/m1/s1. The van der Waals surface area contributed by atoms with Gasteiger partial charge in [-0.3, -0.25) is 4.90 Å². The summed E-state index contributed by atoms with van der Waals surface area (Å²) in [6, 6.07) is -0.762. The van der Waals surface area contributed by atoms with Gasteiger partial charge in [-0.2, -0.15) is 0 Å². The van der Waals surface area contributed by atoms with Crippen molar-refractivity contribution in [2.24, 2.45) is 11.8 Å². The highest BCUT2D eigenvalue weighted by Gasteiger charge is 2.49. The average Bonchev–Trinajstić information content (AvgIpc) is 2.97. The lowest BCUT2D eigenvalue weighted by Crippen LogP contribution is -2.59. The number of ether oxygens (including phenoxy) is 2. The number of esters is 1. The summed E-state index contributed by atoms with van der Waals surface area (Å²) in [7, 11) is 1.32. The number of aliphatic hydroxyl groups is 1. The van der Waals surface area contributed by atoms with E-state index in [1.54, 1.807) is 20.8 Å². The van der Waals surface area contributed by atoms with Gasteiger partial charge in [0.15, 0.2) is 0 Å². The molecule has 1 aliphatic heterocycles. The number of amides is 1. The molecule has 2 unspecified atom stereocenters. The summed E-state index contributed by atoms with van der Waals surface area (Å²) in [6.45, 7) is 5.70. The Balaban J connectivity index is 2.26. The van der Waals surface area contributed by atoms with E-state index >= 15 is 0 Å². The van der Waals surface area contributed by atoms with Gasteiger partial charge in [-0.1, -0.05) is 12.8 Å². The number of likely N-dealkylation sites (tertiary alicyclic amines) is 1. The van der Waals surface area contributed by atoms with Crippen molar-refractivity contribution in [3.8, 4) is 0 Å². The number of piperidine rings is 1. The van der Waals surface area contributed by atoms with Gasteiger partial charge in [-0.05, 0) is 46.0 Å². The number of rotatable bonds is 2. The van der Waals surface area contributed by atoms with Crippen molar-refractivity contribution >= 4 is 12.1 Å². The number of carbonyl (C=O) groups excluding carboxylic acids is 2. The maximum Gasteiger partial charge on any atom is 0.411 e. The van der Waals surface area contributed by atoms with Crippen LogP contribution in [0.3, 0.4) is 0 Å². The van der Waals surface area contributed by atoms with Gasteiger partial charge < -0.3 is 14.6 Å². The Kier molecular flexibility index (Phi) is 5.55. The molecule has 6 nitrogen and oxygen atoms in total. The number of carbonyl (C=O) groups is 2. The second kappa shape index (κ2) is 7.07. The number of aliphatic hydroxyl groups excluding tert-OH is 1. The molecule has 0 aromatic carbocycles. The molecule has 0 radical (unpaired) electrons. The first kappa shape index (κ1) is 18.0. The van der Waals surface area contributed by atoms with E-state index in [0.29, 0.717) is 13.0 Å².